The Morgan fingerprint density at radius 2 is 1.65 bits per heavy atom. The van der Waals surface area contributed by atoms with E-state index in [1.54, 1.807) is 6.92 Å². The minimum absolute atomic E-state index is 0.316. The molecular weight excluding hydrogens is 252 g/mol. The van der Waals surface area contributed by atoms with Gasteiger partial charge in [0.25, 0.3) is 0 Å². The summed E-state index contributed by atoms with van der Waals surface area (Å²) in [6.45, 7) is 6.95. The van der Waals surface area contributed by atoms with Crippen molar-refractivity contribution < 1.29 is 14.3 Å². The predicted molar refractivity (Wildman–Crippen MR) is 77.2 cm³/mol. The molecule has 0 heterocycles. The van der Waals surface area contributed by atoms with E-state index in [0.717, 1.165) is 24.4 Å². The first-order chi connectivity index (χ1) is 9.56. The van der Waals surface area contributed by atoms with E-state index in [2.05, 4.69) is 6.58 Å². The molecule has 0 saturated heterocycles. The van der Waals surface area contributed by atoms with Gasteiger partial charge in [0.15, 0.2) is 0 Å². The number of esters is 1. The van der Waals surface area contributed by atoms with Crippen LogP contribution in [0.3, 0.4) is 0 Å². The summed E-state index contributed by atoms with van der Waals surface area (Å²) in [6.07, 6.45) is 8.50. The van der Waals surface area contributed by atoms with Crippen LogP contribution >= 0.6 is 0 Å². The number of hydrogen-bond acceptors (Lipinski definition) is 3. The second-order valence-corrected chi connectivity index (χ2v) is 7.39. The quantitative estimate of drug-likeness (QED) is 0.425. The van der Waals surface area contributed by atoms with Gasteiger partial charge in [-0.2, -0.15) is 0 Å². The second-order valence-electron chi connectivity index (χ2n) is 7.39. The number of carbonyl (C=O) groups excluding carboxylic acids is 1. The van der Waals surface area contributed by atoms with Crippen LogP contribution in [-0.2, 0) is 14.3 Å². The predicted octanol–water partition coefficient (Wildman–Crippen LogP) is 3.34. The summed E-state index contributed by atoms with van der Waals surface area (Å²) < 4.78 is 10.9. The lowest BCUT2D eigenvalue weighted by Gasteiger charge is -2.56. The van der Waals surface area contributed by atoms with Crippen LogP contribution in [0.25, 0.3) is 0 Å². The fourth-order valence-electron chi connectivity index (χ4n) is 5.07. The van der Waals surface area contributed by atoms with E-state index in [1.165, 1.54) is 38.5 Å². The van der Waals surface area contributed by atoms with Crippen LogP contribution in [0, 0.1) is 23.2 Å². The minimum Gasteiger partial charge on any atom is -0.460 e. The standard InChI is InChI=1S/C17H26O3/c1-12(2)16(18)20-4-3-19-11-17-8-13-5-14(9-17)7-15(6-13)10-17/h13-15H,1,3-11H2,2H3. The van der Waals surface area contributed by atoms with Crippen molar-refractivity contribution in [2.45, 2.75) is 45.4 Å². The third kappa shape index (κ3) is 2.93. The Hall–Kier alpha value is -0.830. The molecule has 0 unspecified atom stereocenters. The van der Waals surface area contributed by atoms with Crippen molar-refractivity contribution in [1.82, 2.24) is 0 Å². The summed E-state index contributed by atoms with van der Waals surface area (Å²) in [4.78, 5) is 11.3. The van der Waals surface area contributed by atoms with E-state index in [1.807, 2.05) is 0 Å². The molecular formula is C17H26O3. The highest BCUT2D eigenvalue weighted by molar-refractivity contribution is 5.86. The lowest BCUT2D eigenvalue weighted by Crippen LogP contribution is -2.48. The van der Waals surface area contributed by atoms with Gasteiger partial charge in [-0.05, 0) is 68.6 Å². The summed E-state index contributed by atoms with van der Waals surface area (Å²) in [5, 5.41) is 0. The molecule has 4 saturated carbocycles. The molecule has 20 heavy (non-hydrogen) atoms. The maximum Gasteiger partial charge on any atom is 0.333 e. The molecule has 4 bridgehead atoms. The zero-order chi connectivity index (χ0) is 14.2. The molecule has 0 N–H and O–H groups in total. The van der Waals surface area contributed by atoms with E-state index >= 15 is 0 Å². The molecule has 0 radical (unpaired) electrons. The molecule has 4 aliphatic rings. The normalized spacial score (nSPS) is 38.0. The lowest BCUT2D eigenvalue weighted by atomic mass is 9.50. The molecule has 0 aromatic carbocycles. The fourth-order valence-corrected chi connectivity index (χ4v) is 5.07. The number of hydrogen-bond donors (Lipinski definition) is 0. The van der Waals surface area contributed by atoms with Gasteiger partial charge < -0.3 is 9.47 Å². The van der Waals surface area contributed by atoms with Crippen LogP contribution in [0.2, 0.25) is 0 Å². The van der Waals surface area contributed by atoms with Crippen molar-refractivity contribution in [2.75, 3.05) is 19.8 Å². The molecule has 0 aliphatic heterocycles. The molecule has 0 aromatic heterocycles. The Bertz CT molecular complexity index is 364. The Morgan fingerprint density at radius 3 is 2.15 bits per heavy atom. The van der Waals surface area contributed by atoms with Crippen molar-refractivity contribution in [3.8, 4) is 0 Å². The van der Waals surface area contributed by atoms with Gasteiger partial charge in [-0.25, -0.2) is 4.79 Å². The third-order valence-corrected chi connectivity index (χ3v) is 5.38. The second kappa shape index (κ2) is 5.51. The summed E-state index contributed by atoms with van der Waals surface area (Å²) in [5.74, 6) is 2.58. The molecule has 0 atom stereocenters. The number of carbonyl (C=O) groups is 1. The third-order valence-electron chi connectivity index (χ3n) is 5.38. The van der Waals surface area contributed by atoms with Crippen LogP contribution in [0.5, 0.6) is 0 Å². The van der Waals surface area contributed by atoms with Gasteiger partial charge in [0.2, 0.25) is 0 Å². The highest BCUT2D eigenvalue weighted by atomic mass is 16.6. The fraction of sp³-hybridized carbons (Fsp3) is 0.824. The first kappa shape index (κ1) is 14.1. The van der Waals surface area contributed by atoms with Gasteiger partial charge in [0.1, 0.15) is 6.61 Å². The van der Waals surface area contributed by atoms with Crippen LogP contribution in [0.4, 0.5) is 0 Å². The monoisotopic (exact) mass is 278 g/mol. The molecule has 112 valence electrons. The molecule has 4 fully saturated rings. The van der Waals surface area contributed by atoms with Crippen LogP contribution < -0.4 is 0 Å². The summed E-state index contributed by atoms with van der Waals surface area (Å²) in [7, 11) is 0. The SMILES string of the molecule is C=C(C)C(=O)OCCOCC12CC3CC(CC(C3)C1)C2. The molecule has 4 aliphatic carbocycles. The van der Waals surface area contributed by atoms with Crippen LogP contribution in [0.1, 0.15) is 45.4 Å². The zero-order valence-electron chi connectivity index (χ0n) is 12.5. The largest absolute Gasteiger partial charge is 0.460 e. The molecule has 0 spiro atoms. The maximum atomic E-state index is 11.3. The molecule has 0 amide bonds. The molecule has 0 aromatic rings. The molecule has 3 nitrogen and oxygen atoms in total. The highest BCUT2D eigenvalue weighted by Gasteiger charge is 2.50. The van der Waals surface area contributed by atoms with Gasteiger partial charge >= 0.3 is 5.97 Å². The van der Waals surface area contributed by atoms with Crippen molar-refractivity contribution >= 4 is 5.97 Å². The topological polar surface area (TPSA) is 35.5 Å². The lowest BCUT2D eigenvalue weighted by molar-refractivity contribution is -0.142. The summed E-state index contributed by atoms with van der Waals surface area (Å²) >= 11 is 0. The van der Waals surface area contributed by atoms with Gasteiger partial charge in [0, 0.05) is 5.57 Å². The van der Waals surface area contributed by atoms with Gasteiger partial charge in [0.05, 0.1) is 13.2 Å². The maximum absolute atomic E-state index is 11.3. The smallest absolute Gasteiger partial charge is 0.333 e. The van der Waals surface area contributed by atoms with E-state index in [9.17, 15) is 4.79 Å². The highest BCUT2D eigenvalue weighted by Crippen LogP contribution is 2.59. The molecule has 3 heteroatoms. The number of rotatable bonds is 6. The van der Waals surface area contributed by atoms with Gasteiger partial charge in [-0.15, -0.1) is 0 Å². The average molecular weight is 278 g/mol. The van der Waals surface area contributed by atoms with Crippen molar-refractivity contribution in [1.29, 1.82) is 0 Å². The minimum atomic E-state index is -0.316. The molecule has 4 rings (SSSR count). The van der Waals surface area contributed by atoms with E-state index < -0.39 is 0 Å². The Balaban J connectivity index is 1.40. The Morgan fingerprint density at radius 1 is 1.10 bits per heavy atom. The van der Waals surface area contributed by atoms with Crippen LogP contribution in [-0.4, -0.2) is 25.8 Å². The van der Waals surface area contributed by atoms with Gasteiger partial charge in [-0.3, -0.25) is 0 Å². The van der Waals surface area contributed by atoms with Crippen molar-refractivity contribution in [3.63, 3.8) is 0 Å². The number of ether oxygens (including phenoxy) is 2. The first-order valence-corrected chi connectivity index (χ1v) is 7.97. The summed E-state index contributed by atoms with van der Waals surface area (Å²) in [5.41, 5.74) is 0.902. The first-order valence-electron chi connectivity index (χ1n) is 7.97. The van der Waals surface area contributed by atoms with Crippen molar-refractivity contribution in [3.05, 3.63) is 12.2 Å². The van der Waals surface area contributed by atoms with Crippen LogP contribution in [0.15, 0.2) is 12.2 Å². The zero-order valence-corrected chi connectivity index (χ0v) is 12.5. The van der Waals surface area contributed by atoms with Gasteiger partial charge in [-0.1, -0.05) is 6.58 Å². The average Bonchev–Trinajstić information content (AvgIpc) is 2.36. The van der Waals surface area contributed by atoms with Crippen molar-refractivity contribution in [2.24, 2.45) is 23.2 Å². The van der Waals surface area contributed by atoms with E-state index in [4.69, 9.17) is 9.47 Å². The Kier molecular flexibility index (Phi) is 3.89. The summed E-state index contributed by atoms with van der Waals surface area (Å²) in [6, 6.07) is 0. The Labute approximate surface area is 121 Å². The van der Waals surface area contributed by atoms with E-state index in [0.29, 0.717) is 24.2 Å². The van der Waals surface area contributed by atoms with E-state index in [-0.39, 0.29) is 5.97 Å².